The molecule has 1 aromatic heterocycles. The molecule has 2 aromatic rings. The minimum atomic E-state index is 0.717. The monoisotopic (exact) mass is 275 g/mol. The Kier molecular flexibility index (Phi) is 4.50. The van der Waals surface area contributed by atoms with Gasteiger partial charge in [0.2, 0.25) is 0 Å². The van der Waals surface area contributed by atoms with Gasteiger partial charge in [-0.25, -0.2) is 0 Å². The summed E-state index contributed by atoms with van der Waals surface area (Å²) >= 11 is 0. The van der Waals surface area contributed by atoms with Gasteiger partial charge in [-0.15, -0.1) is 0 Å². The van der Waals surface area contributed by atoms with E-state index in [1.54, 1.807) is 14.2 Å². The van der Waals surface area contributed by atoms with Gasteiger partial charge in [0.15, 0.2) is 0 Å². The molecule has 1 aromatic carbocycles. The van der Waals surface area contributed by atoms with E-state index in [0.29, 0.717) is 6.54 Å². The molecule has 1 N–H and O–H groups in total. The first kappa shape index (κ1) is 14.2. The third-order valence-corrected chi connectivity index (χ3v) is 3.38. The number of benzene rings is 1. The average Bonchev–Trinajstić information content (AvgIpc) is 2.85. The lowest BCUT2D eigenvalue weighted by Crippen LogP contribution is -2.04. The number of rotatable bonds is 6. The summed E-state index contributed by atoms with van der Waals surface area (Å²) < 4.78 is 12.5. The van der Waals surface area contributed by atoms with Crippen LogP contribution in [0, 0.1) is 6.92 Å². The van der Waals surface area contributed by atoms with Crippen LogP contribution in [0.25, 0.3) is 0 Å². The molecule has 0 atom stereocenters. The van der Waals surface area contributed by atoms with Crippen molar-refractivity contribution in [3.63, 3.8) is 0 Å². The molecule has 5 nitrogen and oxygen atoms in total. The number of ether oxygens (including phenoxy) is 2. The van der Waals surface area contributed by atoms with Crippen molar-refractivity contribution in [2.24, 2.45) is 0 Å². The maximum atomic E-state index is 5.37. The summed E-state index contributed by atoms with van der Waals surface area (Å²) in [6, 6.07) is 5.73. The van der Waals surface area contributed by atoms with Crippen LogP contribution in [0.15, 0.2) is 24.4 Å². The lowest BCUT2D eigenvalue weighted by atomic mass is 10.2. The molecule has 0 bridgehead atoms. The van der Waals surface area contributed by atoms with Gasteiger partial charge in [0.25, 0.3) is 0 Å². The Labute approximate surface area is 119 Å². The lowest BCUT2D eigenvalue weighted by Gasteiger charge is -2.12. The zero-order chi connectivity index (χ0) is 14.5. The second-order valence-corrected chi connectivity index (χ2v) is 4.49. The highest BCUT2D eigenvalue weighted by Crippen LogP contribution is 2.29. The van der Waals surface area contributed by atoms with Gasteiger partial charge in [0.1, 0.15) is 11.5 Å². The van der Waals surface area contributed by atoms with E-state index < -0.39 is 0 Å². The molecule has 20 heavy (non-hydrogen) atoms. The standard InChI is InChI=1S/C15H21N3O2/c1-5-18-11(2)12(10-17-18)9-16-14-7-6-13(19-3)8-15(14)20-4/h6-8,10,16H,5,9H2,1-4H3. The molecule has 2 rings (SSSR count). The first-order valence-corrected chi connectivity index (χ1v) is 6.66. The summed E-state index contributed by atoms with van der Waals surface area (Å²) in [5.41, 5.74) is 3.31. The van der Waals surface area contributed by atoms with E-state index in [1.807, 2.05) is 29.1 Å². The fraction of sp³-hybridized carbons (Fsp3) is 0.400. The molecule has 0 aliphatic heterocycles. The fourth-order valence-electron chi connectivity index (χ4n) is 2.11. The maximum Gasteiger partial charge on any atom is 0.145 e. The zero-order valence-corrected chi connectivity index (χ0v) is 12.4. The van der Waals surface area contributed by atoms with Crippen LogP contribution < -0.4 is 14.8 Å². The quantitative estimate of drug-likeness (QED) is 0.880. The van der Waals surface area contributed by atoms with Crippen molar-refractivity contribution in [3.8, 4) is 11.5 Å². The number of aryl methyl sites for hydroxylation is 1. The Morgan fingerprint density at radius 1 is 1.25 bits per heavy atom. The number of hydrogen-bond donors (Lipinski definition) is 1. The SMILES string of the molecule is CCn1ncc(CNc2ccc(OC)cc2OC)c1C. The van der Waals surface area contributed by atoms with Gasteiger partial charge in [-0.2, -0.15) is 5.10 Å². The van der Waals surface area contributed by atoms with E-state index in [4.69, 9.17) is 9.47 Å². The summed E-state index contributed by atoms with van der Waals surface area (Å²) in [5, 5.41) is 7.72. The minimum Gasteiger partial charge on any atom is -0.497 e. The summed E-state index contributed by atoms with van der Waals surface area (Å²) in [5.74, 6) is 1.55. The predicted molar refractivity (Wildman–Crippen MR) is 79.5 cm³/mol. The number of hydrogen-bond acceptors (Lipinski definition) is 4. The Balaban J connectivity index is 2.12. The van der Waals surface area contributed by atoms with Crippen molar-refractivity contribution in [2.45, 2.75) is 26.9 Å². The minimum absolute atomic E-state index is 0.717. The van der Waals surface area contributed by atoms with Gasteiger partial charge in [0.05, 0.1) is 26.1 Å². The Bertz CT molecular complexity index is 578. The topological polar surface area (TPSA) is 48.3 Å². The number of methoxy groups -OCH3 is 2. The van der Waals surface area contributed by atoms with Crippen LogP contribution >= 0.6 is 0 Å². The van der Waals surface area contributed by atoms with Gasteiger partial charge in [-0.3, -0.25) is 4.68 Å². The molecule has 0 amide bonds. The van der Waals surface area contributed by atoms with Crippen LogP contribution in [-0.4, -0.2) is 24.0 Å². The molecule has 0 spiro atoms. The maximum absolute atomic E-state index is 5.37. The summed E-state index contributed by atoms with van der Waals surface area (Å²) in [7, 11) is 3.30. The third-order valence-electron chi connectivity index (χ3n) is 3.38. The number of anilines is 1. The second-order valence-electron chi connectivity index (χ2n) is 4.49. The molecule has 108 valence electrons. The predicted octanol–water partition coefficient (Wildman–Crippen LogP) is 2.84. The van der Waals surface area contributed by atoms with Crippen LogP contribution in [0.4, 0.5) is 5.69 Å². The molecule has 0 unspecified atom stereocenters. The number of aromatic nitrogens is 2. The molecule has 5 heteroatoms. The van der Waals surface area contributed by atoms with E-state index in [-0.39, 0.29) is 0 Å². The highest BCUT2D eigenvalue weighted by molar-refractivity contribution is 5.59. The van der Waals surface area contributed by atoms with Crippen molar-refractivity contribution in [2.75, 3.05) is 19.5 Å². The number of nitrogens with zero attached hydrogens (tertiary/aromatic N) is 2. The van der Waals surface area contributed by atoms with Crippen molar-refractivity contribution >= 4 is 5.69 Å². The molecule has 0 saturated heterocycles. The number of nitrogens with one attached hydrogen (secondary N) is 1. The Morgan fingerprint density at radius 3 is 2.65 bits per heavy atom. The van der Waals surface area contributed by atoms with Crippen molar-refractivity contribution < 1.29 is 9.47 Å². The van der Waals surface area contributed by atoms with Crippen LogP contribution in [0.1, 0.15) is 18.2 Å². The van der Waals surface area contributed by atoms with E-state index in [2.05, 4.69) is 24.3 Å². The zero-order valence-electron chi connectivity index (χ0n) is 12.4. The molecule has 0 saturated carbocycles. The lowest BCUT2D eigenvalue weighted by molar-refractivity contribution is 0.395. The van der Waals surface area contributed by atoms with Crippen LogP contribution in [-0.2, 0) is 13.1 Å². The molecular weight excluding hydrogens is 254 g/mol. The van der Waals surface area contributed by atoms with E-state index in [9.17, 15) is 0 Å². The molecule has 0 fully saturated rings. The smallest absolute Gasteiger partial charge is 0.145 e. The third kappa shape index (κ3) is 2.87. The molecular formula is C15H21N3O2. The average molecular weight is 275 g/mol. The molecule has 1 heterocycles. The Morgan fingerprint density at radius 2 is 2.05 bits per heavy atom. The molecule has 0 radical (unpaired) electrons. The van der Waals surface area contributed by atoms with E-state index in [1.165, 1.54) is 11.3 Å². The summed E-state index contributed by atoms with van der Waals surface area (Å²) in [4.78, 5) is 0. The van der Waals surface area contributed by atoms with Crippen LogP contribution in [0.2, 0.25) is 0 Å². The highest BCUT2D eigenvalue weighted by atomic mass is 16.5. The molecule has 0 aliphatic rings. The van der Waals surface area contributed by atoms with E-state index in [0.717, 1.165) is 23.7 Å². The van der Waals surface area contributed by atoms with Gasteiger partial charge in [0, 0.05) is 30.4 Å². The fourth-order valence-corrected chi connectivity index (χ4v) is 2.11. The van der Waals surface area contributed by atoms with Gasteiger partial charge in [-0.1, -0.05) is 0 Å². The first-order chi connectivity index (χ1) is 9.69. The first-order valence-electron chi connectivity index (χ1n) is 6.66. The van der Waals surface area contributed by atoms with Crippen LogP contribution in [0.5, 0.6) is 11.5 Å². The van der Waals surface area contributed by atoms with Gasteiger partial charge >= 0.3 is 0 Å². The van der Waals surface area contributed by atoms with Crippen molar-refractivity contribution in [1.29, 1.82) is 0 Å². The Hall–Kier alpha value is -2.17. The van der Waals surface area contributed by atoms with E-state index >= 15 is 0 Å². The molecule has 0 aliphatic carbocycles. The van der Waals surface area contributed by atoms with Crippen LogP contribution in [0.3, 0.4) is 0 Å². The normalized spacial score (nSPS) is 10.4. The van der Waals surface area contributed by atoms with Gasteiger partial charge in [-0.05, 0) is 26.0 Å². The van der Waals surface area contributed by atoms with Crippen molar-refractivity contribution in [1.82, 2.24) is 9.78 Å². The largest absolute Gasteiger partial charge is 0.497 e. The summed E-state index contributed by atoms with van der Waals surface area (Å²) in [6.07, 6.45) is 1.90. The summed E-state index contributed by atoms with van der Waals surface area (Å²) in [6.45, 7) is 5.77. The highest BCUT2D eigenvalue weighted by Gasteiger charge is 2.08. The second kappa shape index (κ2) is 6.32. The van der Waals surface area contributed by atoms with Crippen molar-refractivity contribution in [3.05, 3.63) is 35.7 Å². The van der Waals surface area contributed by atoms with Gasteiger partial charge < -0.3 is 14.8 Å².